The van der Waals surface area contributed by atoms with Gasteiger partial charge in [-0.2, -0.15) is 19.9 Å². The van der Waals surface area contributed by atoms with Crippen LogP contribution in [0.5, 0.6) is 0 Å². The van der Waals surface area contributed by atoms with E-state index in [2.05, 4.69) is 25.3 Å². The summed E-state index contributed by atoms with van der Waals surface area (Å²) in [5, 5.41) is 21.6. The van der Waals surface area contributed by atoms with E-state index in [0.717, 1.165) is 23.6 Å². The Bertz CT molecular complexity index is 1120. The quantitative estimate of drug-likeness (QED) is 0.363. The topological polar surface area (TPSA) is 171 Å². The number of anilines is 4. The Labute approximate surface area is 232 Å². The van der Waals surface area contributed by atoms with Crippen LogP contribution in [0.15, 0.2) is 11.0 Å². The van der Waals surface area contributed by atoms with Crippen LogP contribution in [0.1, 0.15) is 39.3 Å². The van der Waals surface area contributed by atoms with Crippen molar-refractivity contribution < 1.29 is 28.9 Å². The van der Waals surface area contributed by atoms with Crippen LogP contribution in [0.3, 0.4) is 0 Å². The van der Waals surface area contributed by atoms with Crippen LogP contribution < -0.4 is 25.7 Å². The Morgan fingerprint density at radius 1 is 1.00 bits per heavy atom. The lowest BCUT2D eigenvalue weighted by molar-refractivity contribution is -0.0355. The highest BCUT2D eigenvalue weighted by atomic mass is 19.1. The number of aliphatic hydroxyl groups is 2. The van der Waals surface area contributed by atoms with E-state index in [0.29, 0.717) is 24.3 Å². The molecule has 0 bridgehead atoms. The number of nitrogens with one attached hydrogen (secondary N) is 1. The van der Waals surface area contributed by atoms with Gasteiger partial charge in [0.15, 0.2) is 17.9 Å². The predicted molar refractivity (Wildman–Crippen MR) is 147 cm³/mol. The summed E-state index contributed by atoms with van der Waals surface area (Å²) in [7, 11) is 11.5. The molecule has 0 unspecified atom stereocenters. The molecular formula is C24H40FN9O6. The first-order chi connectivity index (χ1) is 18.8. The molecule has 2 aromatic heterocycles. The second-order valence-electron chi connectivity index (χ2n) is 9.73. The maximum atomic E-state index is 14.1. The van der Waals surface area contributed by atoms with Crippen LogP contribution in [-0.4, -0.2) is 108 Å². The van der Waals surface area contributed by atoms with Crippen LogP contribution in [0, 0.1) is 5.82 Å². The third-order valence-electron chi connectivity index (χ3n) is 5.66. The molecule has 1 aliphatic heterocycles. The van der Waals surface area contributed by atoms with Gasteiger partial charge in [0.25, 0.3) is 0 Å². The van der Waals surface area contributed by atoms with Crippen molar-refractivity contribution in [3.05, 3.63) is 22.5 Å². The first-order valence-electron chi connectivity index (χ1n) is 12.8. The summed E-state index contributed by atoms with van der Waals surface area (Å²) in [4.78, 5) is 45.6. The summed E-state index contributed by atoms with van der Waals surface area (Å²) in [5.41, 5.74) is -0.951. The molecule has 2 aromatic rings. The van der Waals surface area contributed by atoms with Crippen LogP contribution in [0.2, 0.25) is 0 Å². The fourth-order valence-corrected chi connectivity index (χ4v) is 3.37. The molecule has 15 nitrogen and oxygen atoms in total. The Kier molecular flexibility index (Phi) is 11.9. The maximum Gasteiger partial charge on any atom is 0.412 e. The van der Waals surface area contributed by atoms with Gasteiger partial charge in [-0.15, -0.1) is 0 Å². The summed E-state index contributed by atoms with van der Waals surface area (Å²) in [6, 6.07) is 0. The molecule has 0 aromatic carbocycles. The van der Waals surface area contributed by atoms with E-state index < -0.39 is 48.0 Å². The molecule has 1 saturated heterocycles. The lowest BCUT2D eigenvalue weighted by atomic mass is 10.1. The Morgan fingerprint density at radius 3 is 1.95 bits per heavy atom. The van der Waals surface area contributed by atoms with Crippen LogP contribution in [-0.2, 0) is 9.47 Å². The molecule has 1 aliphatic rings. The number of aromatic nitrogens is 5. The molecule has 0 aliphatic carbocycles. The molecule has 0 radical (unpaired) electrons. The van der Waals surface area contributed by atoms with Crippen molar-refractivity contribution in [2.75, 3.05) is 68.9 Å². The van der Waals surface area contributed by atoms with E-state index >= 15 is 0 Å². The number of carbonyl (C=O) groups excluding carboxylic acids is 1. The molecule has 1 amide bonds. The number of rotatable bonds is 9. The molecule has 3 heterocycles. The number of ether oxygens (including phenoxy) is 2. The van der Waals surface area contributed by atoms with E-state index in [-0.39, 0.29) is 6.61 Å². The van der Waals surface area contributed by atoms with Gasteiger partial charge in [0.1, 0.15) is 12.2 Å². The number of hydrogen-bond donors (Lipinski definition) is 3. The number of amides is 1. The minimum atomic E-state index is -1.41. The number of nitrogens with zero attached hydrogens (tertiary/aromatic N) is 8. The SMILES string of the molecule is CCCCCOC(=O)Nc1nc(=O)n([C@@H]2O[C@H](C)[C@@H](O)[C@H]2O)cc1F.CN(C)c1nc(N(C)C)nc(N(C)C)n1. The lowest BCUT2D eigenvalue weighted by Crippen LogP contribution is -2.36. The summed E-state index contributed by atoms with van der Waals surface area (Å²) >= 11 is 0. The van der Waals surface area contributed by atoms with Crippen molar-refractivity contribution in [2.24, 2.45) is 0 Å². The van der Waals surface area contributed by atoms with Gasteiger partial charge in [-0.3, -0.25) is 9.88 Å². The molecule has 3 rings (SSSR count). The van der Waals surface area contributed by atoms with Gasteiger partial charge in [-0.1, -0.05) is 19.8 Å². The first-order valence-corrected chi connectivity index (χ1v) is 12.8. The Balaban J connectivity index is 0.000000319. The number of hydrogen-bond acceptors (Lipinski definition) is 13. The van der Waals surface area contributed by atoms with Gasteiger partial charge in [0.2, 0.25) is 17.8 Å². The van der Waals surface area contributed by atoms with Crippen LogP contribution >= 0.6 is 0 Å². The van der Waals surface area contributed by atoms with Gasteiger partial charge in [0.05, 0.1) is 18.9 Å². The minimum absolute atomic E-state index is 0.177. The predicted octanol–water partition coefficient (Wildman–Crippen LogP) is 0.830. The highest BCUT2D eigenvalue weighted by molar-refractivity contribution is 5.83. The van der Waals surface area contributed by atoms with E-state index in [4.69, 9.17) is 9.47 Å². The van der Waals surface area contributed by atoms with Gasteiger partial charge in [0, 0.05) is 42.3 Å². The Morgan fingerprint density at radius 2 is 1.52 bits per heavy atom. The average Bonchev–Trinajstić information content (AvgIpc) is 3.15. The maximum absolute atomic E-state index is 14.1. The third-order valence-corrected chi connectivity index (χ3v) is 5.66. The largest absolute Gasteiger partial charge is 0.449 e. The fourth-order valence-electron chi connectivity index (χ4n) is 3.37. The summed E-state index contributed by atoms with van der Waals surface area (Å²) in [5.74, 6) is 0.407. The standard InChI is InChI=1S/C15H22FN3O6.C9H18N6/c1-3-4-5-6-24-15(23)18-12-9(16)7-19(14(22)17-12)13-11(21)10(20)8(2)25-13;1-13(2)7-10-8(14(3)4)12-9(11-7)15(5)6/h7-8,10-11,13,20-21H,3-6H2,1-2H3,(H,17,18,22,23);1-6H3/t8-,10-,11-,13-;/m1./s1. The van der Waals surface area contributed by atoms with Gasteiger partial charge >= 0.3 is 11.8 Å². The normalized spacial score (nSPS) is 19.9. The zero-order valence-electron chi connectivity index (χ0n) is 24.2. The molecule has 0 saturated carbocycles. The summed E-state index contributed by atoms with van der Waals surface area (Å²) < 4.78 is 24.9. The zero-order chi connectivity index (χ0) is 30.1. The third kappa shape index (κ3) is 8.69. The van der Waals surface area contributed by atoms with Crippen molar-refractivity contribution in [1.82, 2.24) is 24.5 Å². The van der Waals surface area contributed by atoms with Crippen LogP contribution in [0.4, 0.5) is 32.8 Å². The highest BCUT2D eigenvalue weighted by Gasteiger charge is 2.42. The van der Waals surface area contributed by atoms with Crippen molar-refractivity contribution in [3.8, 4) is 0 Å². The average molecular weight is 570 g/mol. The molecule has 0 spiro atoms. The molecule has 1 fully saturated rings. The molecule has 4 atom stereocenters. The smallest absolute Gasteiger partial charge is 0.412 e. The number of halogens is 1. The molecule has 224 valence electrons. The number of unbranched alkanes of at least 4 members (excludes halogenated alkanes) is 2. The van der Waals surface area contributed by atoms with Crippen molar-refractivity contribution in [2.45, 2.75) is 57.6 Å². The van der Waals surface area contributed by atoms with Crippen LogP contribution in [0.25, 0.3) is 0 Å². The summed E-state index contributed by atoms with van der Waals surface area (Å²) in [6.07, 6.45) is -2.25. The Hall–Kier alpha value is -3.63. The van der Waals surface area contributed by atoms with E-state index in [1.807, 2.05) is 63.9 Å². The number of aliphatic hydroxyl groups excluding tert-OH is 2. The van der Waals surface area contributed by atoms with Crippen molar-refractivity contribution in [1.29, 1.82) is 0 Å². The molecule has 40 heavy (non-hydrogen) atoms. The van der Waals surface area contributed by atoms with E-state index in [1.165, 1.54) is 6.92 Å². The molecule has 3 N–H and O–H groups in total. The lowest BCUT2D eigenvalue weighted by Gasteiger charge is -2.18. The number of carbonyl (C=O) groups is 1. The van der Waals surface area contributed by atoms with Crippen molar-refractivity contribution >= 4 is 29.8 Å². The second-order valence-corrected chi connectivity index (χ2v) is 9.73. The van der Waals surface area contributed by atoms with E-state index in [9.17, 15) is 24.2 Å². The van der Waals surface area contributed by atoms with Crippen molar-refractivity contribution in [3.63, 3.8) is 0 Å². The summed E-state index contributed by atoms with van der Waals surface area (Å²) in [6.45, 7) is 3.68. The second kappa shape index (κ2) is 14.7. The minimum Gasteiger partial charge on any atom is -0.449 e. The monoisotopic (exact) mass is 569 g/mol. The molecular weight excluding hydrogens is 529 g/mol. The zero-order valence-corrected chi connectivity index (χ0v) is 24.2. The first kappa shape index (κ1) is 32.6. The van der Waals surface area contributed by atoms with Gasteiger partial charge in [-0.25, -0.2) is 14.0 Å². The van der Waals surface area contributed by atoms with Gasteiger partial charge in [-0.05, 0) is 13.3 Å². The van der Waals surface area contributed by atoms with Gasteiger partial charge < -0.3 is 34.4 Å². The van der Waals surface area contributed by atoms with E-state index in [1.54, 1.807) is 0 Å². The fraction of sp³-hybridized carbons (Fsp3) is 0.667. The molecule has 16 heteroatoms. The highest BCUT2D eigenvalue weighted by Crippen LogP contribution is 2.28.